The van der Waals surface area contributed by atoms with Crippen molar-refractivity contribution in [2.24, 2.45) is 0 Å². The molecule has 0 aromatic rings. The standard InChI is InChI=1S/C12H26ClNO/c1-12(2)15-11-10-14(3)9-7-5-4-6-8-13/h12H,4-11H2,1-3H3. The highest BCUT2D eigenvalue weighted by atomic mass is 35.5. The summed E-state index contributed by atoms with van der Waals surface area (Å²) in [5.74, 6) is 0.804. The molecule has 0 atom stereocenters. The predicted octanol–water partition coefficient (Wildman–Crippen LogP) is 3.14. The maximum absolute atomic E-state index is 5.61. The molecule has 0 bridgehead atoms. The lowest BCUT2D eigenvalue weighted by molar-refractivity contribution is 0.0636. The van der Waals surface area contributed by atoms with Crippen LogP contribution in [-0.2, 0) is 4.74 Å². The van der Waals surface area contributed by atoms with Gasteiger partial charge in [0.15, 0.2) is 0 Å². The zero-order chi connectivity index (χ0) is 11.5. The van der Waals surface area contributed by atoms with Gasteiger partial charge in [0.25, 0.3) is 0 Å². The van der Waals surface area contributed by atoms with E-state index in [4.69, 9.17) is 16.3 Å². The summed E-state index contributed by atoms with van der Waals surface area (Å²) in [6.45, 7) is 7.20. The fourth-order valence-corrected chi connectivity index (χ4v) is 1.57. The van der Waals surface area contributed by atoms with Crippen LogP contribution in [-0.4, -0.2) is 43.6 Å². The molecule has 15 heavy (non-hydrogen) atoms. The van der Waals surface area contributed by atoms with Crippen molar-refractivity contribution in [1.29, 1.82) is 0 Å². The van der Waals surface area contributed by atoms with Gasteiger partial charge < -0.3 is 9.64 Å². The molecule has 0 aliphatic heterocycles. The molecule has 0 saturated carbocycles. The van der Waals surface area contributed by atoms with Gasteiger partial charge in [0.1, 0.15) is 0 Å². The Labute approximate surface area is 99.9 Å². The van der Waals surface area contributed by atoms with E-state index in [1.165, 1.54) is 25.8 Å². The van der Waals surface area contributed by atoms with Gasteiger partial charge in [-0.05, 0) is 40.3 Å². The first-order valence-corrected chi connectivity index (χ1v) is 6.56. The lowest BCUT2D eigenvalue weighted by Gasteiger charge is -2.17. The zero-order valence-electron chi connectivity index (χ0n) is 10.5. The average molecular weight is 236 g/mol. The summed E-state index contributed by atoms with van der Waals surface area (Å²) in [5, 5.41) is 0. The number of nitrogens with zero attached hydrogens (tertiary/aromatic N) is 1. The second-order valence-electron chi connectivity index (χ2n) is 4.33. The van der Waals surface area contributed by atoms with Crippen molar-refractivity contribution in [3.8, 4) is 0 Å². The van der Waals surface area contributed by atoms with E-state index in [0.717, 1.165) is 25.5 Å². The summed E-state index contributed by atoms with van der Waals surface area (Å²) in [6, 6.07) is 0. The fourth-order valence-electron chi connectivity index (χ4n) is 1.39. The summed E-state index contributed by atoms with van der Waals surface area (Å²) in [5.41, 5.74) is 0. The van der Waals surface area contributed by atoms with E-state index in [1.807, 2.05) is 0 Å². The minimum absolute atomic E-state index is 0.349. The molecule has 0 aromatic carbocycles. The van der Waals surface area contributed by atoms with E-state index in [-0.39, 0.29) is 0 Å². The van der Waals surface area contributed by atoms with Crippen LogP contribution in [0.2, 0.25) is 0 Å². The molecular weight excluding hydrogens is 210 g/mol. The number of hydrogen-bond acceptors (Lipinski definition) is 2. The number of alkyl halides is 1. The Morgan fingerprint density at radius 2 is 1.73 bits per heavy atom. The van der Waals surface area contributed by atoms with Crippen molar-refractivity contribution in [3.63, 3.8) is 0 Å². The molecule has 0 saturated heterocycles. The first-order chi connectivity index (χ1) is 7.16. The van der Waals surface area contributed by atoms with Gasteiger partial charge >= 0.3 is 0 Å². The average Bonchev–Trinajstić information content (AvgIpc) is 2.17. The number of hydrogen-bond donors (Lipinski definition) is 0. The van der Waals surface area contributed by atoms with Crippen LogP contribution in [0.15, 0.2) is 0 Å². The Hall–Kier alpha value is 0.210. The summed E-state index contributed by atoms with van der Waals surface area (Å²) < 4.78 is 5.50. The SMILES string of the molecule is CC(C)OCCN(C)CCCCCCCl. The van der Waals surface area contributed by atoms with E-state index < -0.39 is 0 Å². The molecule has 0 spiro atoms. The van der Waals surface area contributed by atoms with Crippen LogP contribution in [0.1, 0.15) is 39.5 Å². The summed E-state index contributed by atoms with van der Waals surface area (Å²) in [6.07, 6.45) is 5.33. The quantitative estimate of drug-likeness (QED) is 0.426. The van der Waals surface area contributed by atoms with Gasteiger partial charge in [0.2, 0.25) is 0 Å². The van der Waals surface area contributed by atoms with Crippen LogP contribution in [0.4, 0.5) is 0 Å². The van der Waals surface area contributed by atoms with Crippen molar-refractivity contribution >= 4 is 11.6 Å². The molecule has 0 aliphatic carbocycles. The molecule has 0 rings (SSSR count). The molecule has 0 N–H and O–H groups in total. The van der Waals surface area contributed by atoms with Crippen LogP contribution < -0.4 is 0 Å². The van der Waals surface area contributed by atoms with Crippen LogP contribution in [0.25, 0.3) is 0 Å². The zero-order valence-corrected chi connectivity index (χ0v) is 11.2. The normalized spacial score (nSPS) is 11.6. The highest BCUT2D eigenvalue weighted by Crippen LogP contribution is 2.02. The summed E-state index contributed by atoms with van der Waals surface area (Å²) >= 11 is 5.61. The van der Waals surface area contributed by atoms with Crippen molar-refractivity contribution in [1.82, 2.24) is 4.90 Å². The lowest BCUT2D eigenvalue weighted by Crippen LogP contribution is -2.25. The van der Waals surface area contributed by atoms with E-state index in [9.17, 15) is 0 Å². The predicted molar refractivity (Wildman–Crippen MR) is 67.8 cm³/mol. The molecule has 2 nitrogen and oxygen atoms in total. The third-order valence-electron chi connectivity index (χ3n) is 2.35. The lowest BCUT2D eigenvalue weighted by atomic mass is 10.2. The van der Waals surface area contributed by atoms with Gasteiger partial charge in [0, 0.05) is 12.4 Å². The molecule has 0 fully saturated rings. The molecule has 0 aliphatic rings. The minimum atomic E-state index is 0.349. The topological polar surface area (TPSA) is 12.5 Å². The van der Waals surface area contributed by atoms with Gasteiger partial charge in [-0.3, -0.25) is 0 Å². The van der Waals surface area contributed by atoms with Crippen molar-refractivity contribution < 1.29 is 4.74 Å². The molecule has 0 heterocycles. The Morgan fingerprint density at radius 3 is 2.33 bits per heavy atom. The maximum Gasteiger partial charge on any atom is 0.0596 e. The summed E-state index contributed by atoms with van der Waals surface area (Å²) in [7, 11) is 2.16. The minimum Gasteiger partial charge on any atom is -0.377 e. The Balaban J connectivity index is 3.15. The van der Waals surface area contributed by atoms with Crippen molar-refractivity contribution in [2.75, 3.05) is 32.6 Å². The molecule has 0 amide bonds. The number of halogens is 1. The summed E-state index contributed by atoms with van der Waals surface area (Å²) in [4.78, 5) is 2.34. The number of rotatable bonds is 10. The monoisotopic (exact) mass is 235 g/mol. The van der Waals surface area contributed by atoms with Crippen LogP contribution in [0.3, 0.4) is 0 Å². The molecule has 3 heteroatoms. The molecule has 92 valence electrons. The van der Waals surface area contributed by atoms with Crippen LogP contribution >= 0.6 is 11.6 Å². The molecule has 0 unspecified atom stereocenters. The van der Waals surface area contributed by atoms with Crippen LogP contribution in [0.5, 0.6) is 0 Å². The third-order valence-corrected chi connectivity index (χ3v) is 2.61. The fraction of sp³-hybridized carbons (Fsp3) is 1.00. The third kappa shape index (κ3) is 12.1. The van der Waals surface area contributed by atoms with Crippen LogP contribution in [0, 0.1) is 0 Å². The molecular formula is C12H26ClNO. The first-order valence-electron chi connectivity index (χ1n) is 6.03. The maximum atomic E-state index is 5.61. The van der Waals surface area contributed by atoms with E-state index >= 15 is 0 Å². The largest absolute Gasteiger partial charge is 0.377 e. The van der Waals surface area contributed by atoms with Crippen molar-refractivity contribution in [3.05, 3.63) is 0 Å². The molecule has 0 radical (unpaired) electrons. The van der Waals surface area contributed by atoms with Crippen molar-refractivity contribution in [2.45, 2.75) is 45.6 Å². The van der Waals surface area contributed by atoms with E-state index in [1.54, 1.807) is 0 Å². The number of ether oxygens (including phenoxy) is 1. The Morgan fingerprint density at radius 1 is 1.07 bits per heavy atom. The van der Waals surface area contributed by atoms with E-state index in [0.29, 0.717) is 6.10 Å². The van der Waals surface area contributed by atoms with Gasteiger partial charge in [-0.15, -0.1) is 11.6 Å². The van der Waals surface area contributed by atoms with Gasteiger partial charge in [-0.25, -0.2) is 0 Å². The number of likely N-dealkylation sites (N-methyl/N-ethyl adjacent to an activating group) is 1. The second-order valence-corrected chi connectivity index (χ2v) is 4.70. The Bertz CT molecular complexity index is 131. The first kappa shape index (κ1) is 15.2. The highest BCUT2D eigenvalue weighted by Gasteiger charge is 1.99. The van der Waals surface area contributed by atoms with E-state index in [2.05, 4.69) is 25.8 Å². The van der Waals surface area contributed by atoms with Gasteiger partial charge in [-0.1, -0.05) is 12.8 Å². The second kappa shape index (κ2) is 10.7. The molecule has 0 aromatic heterocycles. The van der Waals surface area contributed by atoms with Gasteiger partial charge in [0.05, 0.1) is 12.7 Å². The highest BCUT2D eigenvalue weighted by molar-refractivity contribution is 6.17. The number of unbranched alkanes of at least 4 members (excludes halogenated alkanes) is 3. The Kier molecular flexibility index (Phi) is 10.9. The smallest absolute Gasteiger partial charge is 0.0596 e. The van der Waals surface area contributed by atoms with Gasteiger partial charge in [-0.2, -0.15) is 0 Å².